The normalized spacial score (nSPS) is 11.0. The second-order valence-corrected chi connectivity index (χ2v) is 4.86. The van der Waals surface area contributed by atoms with Gasteiger partial charge in [-0.3, -0.25) is 0 Å². The molecule has 2 amide bonds. The van der Waals surface area contributed by atoms with Gasteiger partial charge < -0.3 is 10.6 Å². The van der Waals surface area contributed by atoms with Crippen LogP contribution in [0.25, 0.3) is 0 Å². The fourth-order valence-corrected chi connectivity index (χ4v) is 1.87. The molecule has 0 aromatic heterocycles. The lowest BCUT2D eigenvalue weighted by molar-refractivity contribution is 0.255. The standard InChI is InChI=1S/C16H24N2O/c1-5-13-8-7-9-14(6-2)15(13)18-16(19)17-11-10-12(3)4/h7-12H,5-6H2,1-4H3,(H2,17,18,19)/b11-10+. The molecule has 3 heteroatoms. The van der Waals surface area contributed by atoms with E-state index in [-0.39, 0.29) is 6.03 Å². The Bertz CT molecular complexity index is 428. The predicted octanol–water partition coefficient (Wildman–Crippen LogP) is 4.10. The second-order valence-electron chi connectivity index (χ2n) is 4.86. The molecule has 19 heavy (non-hydrogen) atoms. The highest BCUT2D eigenvalue weighted by Crippen LogP contribution is 2.22. The largest absolute Gasteiger partial charge is 0.323 e. The number of benzene rings is 1. The molecular weight excluding hydrogens is 236 g/mol. The summed E-state index contributed by atoms with van der Waals surface area (Å²) >= 11 is 0. The Labute approximate surface area is 116 Å². The van der Waals surface area contributed by atoms with Crippen molar-refractivity contribution < 1.29 is 4.79 Å². The number of rotatable bonds is 5. The zero-order valence-corrected chi connectivity index (χ0v) is 12.3. The van der Waals surface area contributed by atoms with Gasteiger partial charge in [-0.1, -0.05) is 52.0 Å². The van der Waals surface area contributed by atoms with Crippen LogP contribution >= 0.6 is 0 Å². The number of urea groups is 1. The maximum absolute atomic E-state index is 11.9. The Balaban J connectivity index is 2.78. The van der Waals surface area contributed by atoms with Gasteiger partial charge in [0, 0.05) is 11.9 Å². The first-order valence-electron chi connectivity index (χ1n) is 6.93. The molecule has 0 fully saturated rings. The first-order chi connectivity index (χ1) is 9.08. The Morgan fingerprint density at radius 2 is 1.79 bits per heavy atom. The molecule has 0 aliphatic carbocycles. The lowest BCUT2D eigenvalue weighted by atomic mass is 10.0. The summed E-state index contributed by atoms with van der Waals surface area (Å²) in [4.78, 5) is 11.9. The van der Waals surface area contributed by atoms with Gasteiger partial charge >= 0.3 is 6.03 Å². The molecule has 1 rings (SSSR count). The monoisotopic (exact) mass is 260 g/mol. The number of para-hydroxylation sites is 1. The summed E-state index contributed by atoms with van der Waals surface area (Å²) in [5, 5.41) is 5.69. The van der Waals surface area contributed by atoms with Crippen LogP contribution in [0.2, 0.25) is 0 Å². The van der Waals surface area contributed by atoms with Gasteiger partial charge in [0.1, 0.15) is 0 Å². The number of anilines is 1. The van der Waals surface area contributed by atoms with E-state index in [2.05, 4.69) is 50.5 Å². The summed E-state index contributed by atoms with van der Waals surface area (Å²) in [6.07, 6.45) is 5.46. The molecule has 0 saturated heterocycles. The zero-order chi connectivity index (χ0) is 14.3. The highest BCUT2D eigenvalue weighted by molar-refractivity contribution is 5.91. The Morgan fingerprint density at radius 1 is 1.21 bits per heavy atom. The molecule has 1 aromatic rings. The smallest absolute Gasteiger partial charge is 0.315 e. The van der Waals surface area contributed by atoms with Crippen LogP contribution in [0.3, 0.4) is 0 Å². The third-order valence-corrected chi connectivity index (χ3v) is 2.93. The Hall–Kier alpha value is -1.77. The molecule has 104 valence electrons. The van der Waals surface area contributed by atoms with Crippen LogP contribution in [0.5, 0.6) is 0 Å². The fraction of sp³-hybridized carbons (Fsp3) is 0.438. The van der Waals surface area contributed by atoms with E-state index in [4.69, 9.17) is 0 Å². The van der Waals surface area contributed by atoms with Crippen LogP contribution in [-0.2, 0) is 12.8 Å². The van der Waals surface area contributed by atoms with Gasteiger partial charge in [-0.2, -0.15) is 0 Å². The summed E-state index contributed by atoms with van der Waals surface area (Å²) in [5.74, 6) is 0.425. The van der Waals surface area contributed by atoms with Crippen molar-refractivity contribution in [2.45, 2.75) is 40.5 Å². The Morgan fingerprint density at radius 3 is 2.26 bits per heavy atom. The van der Waals surface area contributed by atoms with E-state index in [0.29, 0.717) is 5.92 Å². The SMILES string of the molecule is CCc1cccc(CC)c1NC(=O)N/C=C/C(C)C. The molecule has 1 aromatic carbocycles. The van der Waals surface area contributed by atoms with E-state index in [1.807, 2.05) is 12.1 Å². The number of allylic oxidation sites excluding steroid dienone is 1. The number of amides is 2. The zero-order valence-electron chi connectivity index (χ0n) is 12.3. The van der Waals surface area contributed by atoms with Gasteiger partial charge in [-0.05, 0) is 29.9 Å². The van der Waals surface area contributed by atoms with Crippen molar-refractivity contribution in [2.75, 3.05) is 5.32 Å². The van der Waals surface area contributed by atoms with Crippen LogP contribution < -0.4 is 10.6 Å². The van der Waals surface area contributed by atoms with E-state index in [9.17, 15) is 4.79 Å². The van der Waals surface area contributed by atoms with Crippen molar-refractivity contribution in [2.24, 2.45) is 5.92 Å². The lowest BCUT2D eigenvalue weighted by Gasteiger charge is -2.14. The minimum absolute atomic E-state index is 0.187. The molecule has 0 spiro atoms. The van der Waals surface area contributed by atoms with Gasteiger partial charge in [0.25, 0.3) is 0 Å². The molecule has 0 atom stereocenters. The van der Waals surface area contributed by atoms with Crippen LogP contribution in [-0.4, -0.2) is 6.03 Å². The van der Waals surface area contributed by atoms with Crippen molar-refractivity contribution in [3.05, 3.63) is 41.6 Å². The van der Waals surface area contributed by atoms with Crippen molar-refractivity contribution >= 4 is 11.7 Å². The minimum Gasteiger partial charge on any atom is -0.315 e. The molecule has 0 radical (unpaired) electrons. The third-order valence-electron chi connectivity index (χ3n) is 2.93. The highest BCUT2D eigenvalue weighted by atomic mass is 16.2. The van der Waals surface area contributed by atoms with Crippen LogP contribution in [0.15, 0.2) is 30.5 Å². The second kappa shape index (κ2) is 7.62. The van der Waals surface area contributed by atoms with E-state index >= 15 is 0 Å². The predicted molar refractivity (Wildman–Crippen MR) is 81.3 cm³/mol. The lowest BCUT2D eigenvalue weighted by Crippen LogP contribution is -2.25. The number of carbonyl (C=O) groups excluding carboxylic acids is 1. The number of hydrogen-bond acceptors (Lipinski definition) is 1. The molecule has 0 aliphatic heterocycles. The third kappa shape index (κ3) is 4.78. The van der Waals surface area contributed by atoms with Crippen LogP contribution in [0, 0.1) is 5.92 Å². The quantitative estimate of drug-likeness (QED) is 0.822. The van der Waals surface area contributed by atoms with E-state index in [1.165, 1.54) is 11.1 Å². The summed E-state index contributed by atoms with van der Waals surface area (Å²) in [5.41, 5.74) is 3.28. The number of hydrogen-bond donors (Lipinski definition) is 2. The summed E-state index contributed by atoms with van der Waals surface area (Å²) in [6.45, 7) is 8.32. The molecule has 0 unspecified atom stereocenters. The first-order valence-corrected chi connectivity index (χ1v) is 6.93. The summed E-state index contributed by atoms with van der Waals surface area (Å²) in [7, 11) is 0. The average molecular weight is 260 g/mol. The highest BCUT2D eigenvalue weighted by Gasteiger charge is 2.08. The number of carbonyl (C=O) groups is 1. The average Bonchev–Trinajstić information content (AvgIpc) is 2.38. The summed E-state index contributed by atoms with van der Waals surface area (Å²) in [6, 6.07) is 5.96. The minimum atomic E-state index is -0.187. The van der Waals surface area contributed by atoms with Crippen LogP contribution in [0.4, 0.5) is 10.5 Å². The van der Waals surface area contributed by atoms with Gasteiger partial charge in [0.05, 0.1) is 0 Å². The van der Waals surface area contributed by atoms with Crippen molar-refractivity contribution in [1.82, 2.24) is 5.32 Å². The Kier molecular flexibility index (Phi) is 6.13. The number of nitrogens with one attached hydrogen (secondary N) is 2. The van der Waals surface area contributed by atoms with Crippen LogP contribution in [0.1, 0.15) is 38.8 Å². The maximum Gasteiger partial charge on any atom is 0.323 e. The maximum atomic E-state index is 11.9. The first kappa shape index (κ1) is 15.3. The van der Waals surface area contributed by atoms with Gasteiger partial charge in [0.2, 0.25) is 0 Å². The molecule has 0 bridgehead atoms. The van der Waals surface area contributed by atoms with E-state index < -0.39 is 0 Å². The van der Waals surface area contributed by atoms with Crippen molar-refractivity contribution in [3.63, 3.8) is 0 Å². The molecule has 0 aliphatic rings. The molecule has 3 nitrogen and oxygen atoms in total. The summed E-state index contributed by atoms with van der Waals surface area (Å²) < 4.78 is 0. The van der Waals surface area contributed by atoms with Gasteiger partial charge in [-0.15, -0.1) is 0 Å². The van der Waals surface area contributed by atoms with Gasteiger partial charge in [0.15, 0.2) is 0 Å². The fourth-order valence-electron chi connectivity index (χ4n) is 1.87. The van der Waals surface area contributed by atoms with E-state index in [1.54, 1.807) is 6.20 Å². The van der Waals surface area contributed by atoms with Crippen molar-refractivity contribution in [1.29, 1.82) is 0 Å². The number of aryl methyl sites for hydroxylation is 2. The molecule has 2 N–H and O–H groups in total. The van der Waals surface area contributed by atoms with Gasteiger partial charge in [-0.25, -0.2) is 4.79 Å². The molecule has 0 saturated carbocycles. The van der Waals surface area contributed by atoms with Crippen molar-refractivity contribution in [3.8, 4) is 0 Å². The molecule has 0 heterocycles. The molecular formula is C16H24N2O. The topological polar surface area (TPSA) is 41.1 Å². The van der Waals surface area contributed by atoms with E-state index in [0.717, 1.165) is 18.5 Å².